The van der Waals surface area contributed by atoms with E-state index in [9.17, 15) is 14.9 Å². The number of imidazole rings is 1. The second-order valence-corrected chi connectivity index (χ2v) is 24.7. The molecule has 1 aliphatic rings. The van der Waals surface area contributed by atoms with Gasteiger partial charge in [-0.1, -0.05) is 126 Å². The highest BCUT2D eigenvalue weighted by Crippen LogP contribution is 2.52. The zero-order chi connectivity index (χ0) is 46.4. The standard InChI is InChI=1S/C48H64N7O7PSi/c1-32(2)43(56)52-46-51-42-39(44(57)53-46)50-31-54(42)45-41(62-64(10,11)47(7,8)9)40(61-63(59-29-21-28-49)55(33(3)4)34(5)6)38(60-45)30-58-48(35-22-15-12-16-23-35,36-24-17-13-18-25-36)37-26-19-14-20-27-37/h12-20,22-27,31-34,38,40-41,45H,21,29-30H2,1-11H3,(H2,51,52,53,56,57)/t38-,40+,41?,45-,63?/m1/s1. The van der Waals surface area contributed by atoms with Gasteiger partial charge in [0.2, 0.25) is 11.9 Å². The Morgan fingerprint density at radius 1 is 0.922 bits per heavy atom. The average molecular weight is 910 g/mol. The summed E-state index contributed by atoms with van der Waals surface area (Å²) < 4.78 is 39.9. The first-order valence-electron chi connectivity index (χ1n) is 22.1. The summed E-state index contributed by atoms with van der Waals surface area (Å²) in [5, 5.41) is 12.1. The zero-order valence-corrected chi connectivity index (χ0v) is 40.8. The number of nitriles is 1. The smallest absolute Gasteiger partial charge is 0.280 e. The molecule has 1 fully saturated rings. The Balaban J connectivity index is 1.56. The number of amides is 1. The second kappa shape index (κ2) is 20.7. The summed E-state index contributed by atoms with van der Waals surface area (Å²) >= 11 is 0. The molecular formula is C48H64N7O7PSi. The number of benzene rings is 3. The van der Waals surface area contributed by atoms with Gasteiger partial charge in [-0.15, -0.1) is 0 Å². The quantitative estimate of drug-likeness (QED) is 0.0351. The highest BCUT2D eigenvalue weighted by atomic mass is 31.2. The number of carbonyl (C=O) groups is 1. The molecule has 2 N–H and O–H groups in total. The number of carbonyl (C=O) groups excluding carboxylic acids is 1. The molecule has 3 heterocycles. The molecule has 0 radical (unpaired) electrons. The van der Waals surface area contributed by atoms with E-state index in [-0.39, 0.29) is 65.7 Å². The van der Waals surface area contributed by atoms with Crippen molar-refractivity contribution in [1.29, 1.82) is 5.26 Å². The van der Waals surface area contributed by atoms with Crippen LogP contribution in [0.15, 0.2) is 102 Å². The SMILES string of the molecule is CC(C)C(=O)Nc1nc2c(ncn2[C@@H]2O[C@H](COC(c3ccccc3)(c3ccccc3)c3ccccc3)[C@H](OP(OCCC#N)N(C(C)C)C(C)C)C2O[Si](C)(C)C(C)(C)C)c(=O)[nH]1. The number of fused-ring (bicyclic) bond motifs is 1. The first-order valence-corrected chi connectivity index (χ1v) is 26.1. The average Bonchev–Trinajstić information content (AvgIpc) is 3.82. The first kappa shape index (κ1) is 48.8. The topological polar surface area (TPSA) is 166 Å². The molecule has 64 heavy (non-hydrogen) atoms. The van der Waals surface area contributed by atoms with E-state index in [0.717, 1.165) is 16.7 Å². The van der Waals surface area contributed by atoms with Gasteiger partial charge in [0.15, 0.2) is 25.7 Å². The van der Waals surface area contributed by atoms with Gasteiger partial charge in [0.25, 0.3) is 14.1 Å². The van der Waals surface area contributed by atoms with E-state index in [1.807, 2.05) is 54.6 Å². The first-order chi connectivity index (χ1) is 30.4. The van der Waals surface area contributed by atoms with E-state index in [1.165, 1.54) is 6.33 Å². The maximum absolute atomic E-state index is 13.6. The monoisotopic (exact) mass is 909 g/mol. The number of aromatic nitrogens is 4. The summed E-state index contributed by atoms with van der Waals surface area (Å²) in [4.78, 5) is 38.3. The van der Waals surface area contributed by atoms with Crippen LogP contribution >= 0.6 is 8.53 Å². The van der Waals surface area contributed by atoms with Gasteiger partial charge >= 0.3 is 0 Å². The predicted molar refractivity (Wildman–Crippen MR) is 253 cm³/mol. The number of ether oxygens (including phenoxy) is 2. The van der Waals surface area contributed by atoms with Gasteiger partial charge in [-0.3, -0.25) is 24.5 Å². The number of aromatic amines is 1. The van der Waals surface area contributed by atoms with Crippen molar-refractivity contribution in [3.05, 3.63) is 124 Å². The largest absolute Gasteiger partial charge is 0.407 e. The van der Waals surface area contributed by atoms with Crippen molar-refractivity contribution in [2.75, 3.05) is 18.5 Å². The molecular weight excluding hydrogens is 846 g/mol. The third-order valence-electron chi connectivity index (χ3n) is 11.9. The molecule has 342 valence electrons. The van der Waals surface area contributed by atoms with Crippen LogP contribution in [0.3, 0.4) is 0 Å². The van der Waals surface area contributed by atoms with Gasteiger partial charge in [0.05, 0.1) is 32.0 Å². The molecule has 5 atom stereocenters. The number of rotatable bonds is 19. The molecule has 0 aliphatic carbocycles. The van der Waals surface area contributed by atoms with E-state index in [4.69, 9.17) is 27.9 Å². The van der Waals surface area contributed by atoms with Gasteiger partial charge in [-0.05, 0) is 62.5 Å². The molecule has 6 rings (SSSR count). The lowest BCUT2D eigenvalue weighted by Crippen LogP contribution is -2.50. The molecule has 16 heteroatoms. The maximum Gasteiger partial charge on any atom is 0.280 e. The maximum atomic E-state index is 13.6. The van der Waals surface area contributed by atoms with Crippen molar-refractivity contribution in [3.63, 3.8) is 0 Å². The van der Waals surface area contributed by atoms with Gasteiger partial charge in [0.1, 0.15) is 23.9 Å². The normalized spacial score (nSPS) is 18.9. The fourth-order valence-electron chi connectivity index (χ4n) is 7.64. The van der Waals surface area contributed by atoms with Gasteiger partial charge < -0.3 is 22.9 Å². The van der Waals surface area contributed by atoms with Gasteiger partial charge in [0, 0.05) is 18.0 Å². The van der Waals surface area contributed by atoms with Crippen LogP contribution in [0.4, 0.5) is 5.95 Å². The Kier molecular flexibility index (Phi) is 15.8. The Labute approximate surface area is 379 Å². The number of anilines is 1. The minimum absolute atomic E-state index is 0.00987. The minimum Gasteiger partial charge on any atom is -0.407 e. The molecule has 0 bridgehead atoms. The Morgan fingerprint density at radius 2 is 1.47 bits per heavy atom. The van der Waals surface area contributed by atoms with E-state index < -0.39 is 52.5 Å². The van der Waals surface area contributed by atoms with E-state index in [0.29, 0.717) is 0 Å². The summed E-state index contributed by atoms with van der Waals surface area (Å²) in [5.74, 6) is -0.678. The fraction of sp³-hybridized carbons (Fsp3) is 0.479. The van der Waals surface area contributed by atoms with E-state index in [2.05, 4.69) is 124 Å². The van der Waals surface area contributed by atoms with E-state index >= 15 is 0 Å². The molecule has 14 nitrogen and oxygen atoms in total. The van der Waals surface area contributed by atoms with Gasteiger partial charge in [-0.2, -0.15) is 10.2 Å². The Morgan fingerprint density at radius 3 is 1.95 bits per heavy atom. The summed E-state index contributed by atoms with van der Waals surface area (Å²) in [6.07, 6.45) is -1.68. The molecule has 0 spiro atoms. The van der Waals surface area contributed by atoms with Crippen molar-refractivity contribution in [2.24, 2.45) is 5.92 Å². The van der Waals surface area contributed by atoms with Crippen LogP contribution in [-0.2, 0) is 33.3 Å². The van der Waals surface area contributed by atoms with E-state index in [1.54, 1.807) is 18.4 Å². The summed E-state index contributed by atoms with van der Waals surface area (Å²) in [6.45, 7) is 22.9. The predicted octanol–water partition coefficient (Wildman–Crippen LogP) is 9.67. The molecule has 3 aromatic carbocycles. The number of hydrogen-bond acceptors (Lipinski definition) is 11. The third kappa shape index (κ3) is 10.6. The van der Waals surface area contributed by atoms with Crippen molar-refractivity contribution >= 4 is 39.9 Å². The lowest BCUT2D eigenvalue weighted by molar-refractivity contribution is -0.118. The molecule has 2 unspecified atom stereocenters. The highest BCUT2D eigenvalue weighted by molar-refractivity contribution is 7.44. The lowest BCUT2D eigenvalue weighted by atomic mass is 9.80. The van der Waals surface area contributed by atoms with Crippen LogP contribution < -0.4 is 10.9 Å². The van der Waals surface area contributed by atoms with Crippen LogP contribution in [0.1, 0.15) is 91.7 Å². The minimum atomic E-state index is -2.66. The molecule has 5 aromatic rings. The van der Waals surface area contributed by atoms with Crippen LogP contribution in [0, 0.1) is 17.2 Å². The summed E-state index contributed by atoms with van der Waals surface area (Å²) in [6, 6.07) is 32.6. The second-order valence-electron chi connectivity index (χ2n) is 18.5. The van der Waals surface area contributed by atoms with Crippen LogP contribution in [0.5, 0.6) is 0 Å². The number of nitrogens with zero attached hydrogens (tertiary/aromatic N) is 5. The molecule has 1 amide bonds. The summed E-state index contributed by atoms with van der Waals surface area (Å²) in [7, 11) is -4.48. The third-order valence-corrected chi connectivity index (χ3v) is 18.5. The lowest BCUT2D eigenvalue weighted by Gasteiger charge is -2.42. The molecule has 0 saturated carbocycles. The van der Waals surface area contributed by atoms with Crippen LogP contribution in [-0.4, -0.2) is 82.0 Å². The molecule has 1 aliphatic heterocycles. The van der Waals surface area contributed by atoms with Crippen LogP contribution in [0.25, 0.3) is 11.2 Å². The highest BCUT2D eigenvalue weighted by Gasteiger charge is 2.54. The fourth-order valence-corrected chi connectivity index (χ4v) is 10.7. The number of hydrogen-bond donors (Lipinski definition) is 2. The van der Waals surface area contributed by atoms with Crippen LogP contribution in [0.2, 0.25) is 18.1 Å². The van der Waals surface area contributed by atoms with Crippen molar-refractivity contribution < 1.29 is 27.7 Å². The number of H-pyrrole nitrogens is 1. The Bertz CT molecular complexity index is 2300. The number of nitrogens with one attached hydrogen (secondary N) is 2. The van der Waals surface area contributed by atoms with Crippen molar-refractivity contribution in [2.45, 2.75) is 129 Å². The summed E-state index contributed by atoms with van der Waals surface area (Å²) in [5.41, 5.74) is 1.40. The molecule has 1 saturated heterocycles. The molecule has 2 aromatic heterocycles. The zero-order valence-electron chi connectivity index (χ0n) is 38.9. The van der Waals surface area contributed by atoms with Gasteiger partial charge in [-0.25, -0.2) is 9.65 Å². The van der Waals surface area contributed by atoms with Crippen molar-refractivity contribution in [1.82, 2.24) is 24.2 Å². The van der Waals surface area contributed by atoms with Crippen molar-refractivity contribution in [3.8, 4) is 6.07 Å². The Hall–Kier alpha value is -4.62.